The molecule has 0 radical (unpaired) electrons. The second-order valence-corrected chi connectivity index (χ2v) is 6.88. The van der Waals surface area contributed by atoms with Crippen molar-refractivity contribution in [3.8, 4) is 0 Å². The fourth-order valence-corrected chi connectivity index (χ4v) is 1.69. The molecule has 0 aliphatic rings. The summed E-state index contributed by atoms with van der Waals surface area (Å²) in [6, 6.07) is 0. The second kappa shape index (κ2) is 37.3. The molecular formula is C21H44O10Ti. The van der Waals surface area contributed by atoms with E-state index in [9.17, 15) is 14.4 Å². The zero-order chi connectivity index (χ0) is 24.9. The van der Waals surface area contributed by atoms with Crippen LogP contribution in [0.25, 0.3) is 0 Å². The largest absolute Gasteiger partial charge is 0.481 e. The second-order valence-electron chi connectivity index (χ2n) is 6.88. The fraction of sp³-hybridized carbons (Fsp3) is 0.857. The maximum atomic E-state index is 9.90. The molecule has 0 aliphatic carbocycles. The molecule has 0 aliphatic heterocycles. The quantitative estimate of drug-likeness (QED) is 0.128. The number of carbonyl (C=O) groups is 3. The molecule has 0 unspecified atom stereocenters. The first-order valence-electron chi connectivity index (χ1n) is 10.7. The van der Waals surface area contributed by atoms with Gasteiger partial charge in [-0.3, -0.25) is 14.4 Å². The van der Waals surface area contributed by atoms with Crippen LogP contribution >= 0.6 is 0 Å². The molecule has 0 aromatic heterocycles. The molecule has 0 amide bonds. The number of aliphatic hydroxyl groups excluding tert-OH is 4. The van der Waals surface area contributed by atoms with E-state index < -0.39 is 17.9 Å². The van der Waals surface area contributed by atoms with Gasteiger partial charge in [0.05, 0.1) is 0 Å². The van der Waals surface area contributed by atoms with Crippen LogP contribution < -0.4 is 0 Å². The van der Waals surface area contributed by atoms with Gasteiger partial charge in [-0.25, -0.2) is 0 Å². The smallest absolute Gasteiger partial charge is 0.303 e. The Morgan fingerprint density at radius 2 is 0.719 bits per heavy atom. The molecule has 192 valence electrons. The van der Waals surface area contributed by atoms with Crippen LogP contribution in [0, 0.1) is 0 Å². The standard InChI is InChI=1S/3C6H12O3.C3H8O.Ti/c3*7-5-3-1-2-4-6(8)9;1-3(2)4;/h3*7H,1-5H2,(H,8,9);3-4H,1-2H3;. The van der Waals surface area contributed by atoms with E-state index in [2.05, 4.69) is 0 Å². The van der Waals surface area contributed by atoms with Gasteiger partial charge in [0.15, 0.2) is 0 Å². The number of rotatable bonds is 15. The van der Waals surface area contributed by atoms with Crippen molar-refractivity contribution in [2.45, 2.75) is 97.0 Å². The third kappa shape index (κ3) is 78.7. The fourth-order valence-electron chi connectivity index (χ4n) is 1.69. The van der Waals surface area contributed by atoms with Crippen molar-refractivity contribution in [2.75, 3.05) is 19.8 Å². The summed E-state index contributed by atoms with van der Waals surface area (Å²) in [5.74, 6) is -2.27. The minimum absolute atomic E-state index is 0. The Bertz CT molecular complexity index is 338. The SMILES string of the molecule is CC(C)O.O=C(O)CCCCCO.O=C(O)CCCCCO.O=C(O)CCCCCO.[Ti]. The number of carboxylic acid groups (broad SMARTS) is 3. The summed E-state index contributed by atoms with van der Waals surface area (Å²) in [6.07, 6.45) is 7.10. The summed E-state index contributed by atoms with van der Waals surface area (Å²) < 4.78 is 0. The van der Waals surface area contributed by atoms with Crippen molar-refractivity contribution in [1.29, 1.82) is 0 Å². The van der Waals surface area contributed by atoms with Gasteiger partial charge < -0.3 is 35.7 Å². The van der Waals surface area contributed by atoms with E-state index in [1.807, 2.05) is 0 Å². The number of unbranched alkanes of at least 4 members (excludes halogenated alkanes) is 6. The molecule has 10 nitrogen and oxygen atoms in total. The summed E-state index contributed by atoms with van der Waals surface area (Å²) in [6.45, 7) is 3.94. The van der Waals surface area contributed by atoms with Crippen molar-refractivity contribution in [2.24, 2.45) is 0 Å². The maximum Gasteiger partial charge on any atom is 0.303 e. The van der Waals surface area contributed by atoms with Gasteiger partial charge in [0, 0.05) is 66.9 Å². The van der Waals surface area contributed by atoms with Crippen molar-refractivity contribution in [3.63, 3.8) is 0 Å². The maximum absolute atomic E-state index is 9.90. The molecule has 0 aromatic carbocycles. The number of hydrogen-bond donors (Lipinski definition) is 7. The van der Waals surface area contributed by atoms with Gasteiger partial charge in [-0.1, -0.05) is 19.3 Å². The number of aliphatic carboxylic acids is 3. The summed E-state index contributed by atoms with van der Waals surface area (Å²) in [4.78, 5) is 29.7. The number of carboxylic acids is 3. The summed E-state index contributed by atoms with van der Waals surface area (Å²) in [7, 11) is 0. The Morgan fingerprint density at radius 1 is 0.531 bits per heavy atom. The molecule has 0 aromatic rings. The van der Waals surface area contributed by atoms with Crippen LogP contribution in [0.2, 0.25) is 0 Å². The Kier molecular flexibility index (Phi) is 48.1. The normalized spacial score (nSPS) is 9.09. The van der Waals surface area contributed by atoms with Crippen LogP contribution in [-0.4, -0.2) is 79.6 Å². The molecule has 0 rings (SSSR count). The van der Waals surface area contributed by atoms with Gasteiger partial charge in [0.1, 0.15) is 0 Å². The molecule has 7 N–H and O–H groups in total. The zero-order valence-corrected chi connectivity index (χ0v) is 21.1. The average molecular weight is 504 g/mol. The molecule has 0 bridgehead atoms. The molecule has 11 heteroatoms. The van der Waals surface area contributed by atoms with E-state index >= 15 is 0 Å². The topological polar surface area (TPSA) is 193 Å². The summed E-state index contributed by atoms with van der Waals surface area (Å²) >= 11 is 0. The van der Waals surface area contributed by atoms with Crippen molar-refractivity contribution in [1.82, 2.24) is 0 Å². The molecule has 32 heavy (non-hydrogen) atoms. The van der Waals surface area contributed by atoms with E-state index in [4.69, 9.17) is 35.7 Å². The molecule has 0 atom stereocenters. The van der Waals surface area contributed by atoms with Gasteiger partial charge >= 0.3 is 17.9 Å². The van der Waals surface area contributed by atoms with Crippen molar-refractivity contribution >= 4 is 17.9 Å². The van der Waals surface area contributed by atoms with Gasteiger partial charge in [0.25, 0.3) is 0 Å². The first kappa shape index (κ1) is 41.2. The van der Waals surface area contributed by atoms with E-state index in [0.717, 1.165) is 19.3 Å². The van der Waals surface area contributed by atoms with E-state index in [1.54, 1.807) is 13.8 Å². The number of hydrogen-bond acceptors (Lipinski definition) is 7. The minimum atomic E-state index is -0.757. The van der Waals surface area contributed by atoms with Gasteiger partial charge in [-0.2, -0.15) is 0 Å². The van der Waals surface area contributed by atoms with Crippen LogP contribution in [0.5, 0.6) is 0 Å². The number of aliphatic hydroxyl groups is 4. The molecular weight excluding hydrogens is 460 g/mol. The average Bonchev–Trinajstić information content (AvgIpc) is 2.66. The molecule has 0 saturated carbocycles. The van der Waals surface area contributed by atoms with Gasteiger partial charge in [-0.05, 0) is 52.4 Å². The third-order valence-corrected chi connectivity index (χ3v) is 3.15. The van der Waals surface area contributed by atoms with Crippen molar-refractivity contribution < 1.29 is 71.8 Å². The van der Waals surface area contributed by atoms with Crippen LogP contribution in [0.1, 0.15) is 90.9 Å². The summed E-state index contributed by atoms with van der Waals surface area (Å²) in [5, 5.41) is 57.4. The van der Waals surface area contributed by atoms with Crippen LogP contribution in [0.4, 0.5) is 0 Å². The van der Waals surface area contributed by atoms with Crippen LogP contribution in [0.15, 0.2) is 0 Å². The third-order valence-electron chi connectivity index (χ3n) is 3.15. The molecule has 0 spiro atoms. The van der Waals surface area contributed by atoms with E-state index in [1.165, 1.54) is 0 Å². The predicted octanol–water partition coefficient (Wildman–Crippen LogP) is 2.26. The Labute approximate surface area is 206 Å². The molecule has 0 saturated heterocycles. The van der Waals surface area contributed by atoms with Crippen LogP contribution in [-0.2, 0) is 36.1 Å². The monoisotopic (exact) mass is 504 g/mol. The summed E-state index contributed by atoms with van der Waals surface area (Å²) in [5.41, 5.74) is 0. The Morgan fingerprint density at radius 3 is 0.844 bits per heavy atom. The Balaban J connectivity index is -0.000000104. The predicted molar refractivity (Wildman–Crippen MR) is 117 cm³/mol. The van der Waals surface area contributed by atoms with E-state index in [0.29, 0.717) is 38.5 Å². The van der Waals surface area contributed by atoms with E-state index in [-0.39, 0.29) is 66.9 Å². The molecule has 0 heterocycles. The first-order chi connectivity index (χ1) is 14.5. The van der Waals surface area contributed by atoms with Gasteiger partial charge in [0.2, 0.25) is 0 Å². The Hall–Kier alpha value is -1.04. The first-order valence-corrected chi connectivity index (χ1v) is 10.7. The molecule has 0 fully saturated rings. The minimum Gasteiger partial charge on any atom is -0.481 e. The van der Waals surface area contributed by atoms with Gasteiger partial charge in [-0.15, -0.1) is 0 Å². The zero-order valence-electron chi connectivity index (χ0n) is 19.5. The van der Waals surface area contributed by atoms with Crippen LogP contribution in [0.3, 0.4) is 0 Å². The van der Waals surface area contributed by atoms with Crippen molar-refractivity contribution in [3.05, 3.63) is 0 Å².